The number of primary amides is 1. The molecule has 138 valence electrons. The van der Waals surface area contributed by atoms with E-state index in [4.69, 9.17) is 10.5 Å². The quantitative estimate of drug-likeness (QED) is 0.446. The Hall–Kier alpha value is -3.13. The highest BCUT2D eigenvalue weighted by molar-refractivity contribution is 9.10. The minimum Gasteiger partial charge on any atom is -0.484 e. The highest BCUT2D eigenvalue weighted by atomic mass is 79.9. The molecule has 8 heteroatoms. The molecular formula is C19H17BrN4O3. The van der Waals surface area contributed by atoms with Crippen molar-refractivity contribution < 1.29 is 14.3 Å². The number of carbonyl (C=O) groups is 2. The Morgan fingerprint density at radius 2 is 1.93 bits per heavy atom. The summed E-state index contributed by atoms with van der Waals surface area (Å²) in [6, 6.07) is 14.7. The lowest BCUT2D eigenvalue weighted by Crippen LogP contribution is -2.24. The first-order valence-electron chi connectivity index (χ1n) is 8.09. The van der Waals surface area contributed by atoms with E-state index < -0.39 is 5.91 Å². The van der Waals surface area contributed by atoms with Crippen molar-refractivity contribution in [3.05, 3.63) is 64.8 Å². The molecule has 0 fully saturated rings. The summed E-state index contributed by atoms with van der Waals surface area (Å²) in [5.74, 6) is -0.223. The van der Waals surface area contributed by atoms with Crippen LogP contribution in [0.2, 0.25) is 0 Å². The van der Waals surface area contributed by atoms with Crippen LogP contribution in [0.1, 0.15) is 5.56 Å². The van der Waals surface area contributed by atoms with E-state index in [-0.39, 0.29) is 19.1 Å². The van der Waals surface area contributed by atoms with Gasteiger partial charge >= 0.3 is 0 Å². The molecule has 0 spiro atoms. The first-order chi connectivity index (χ1) is 13.0. The fourth-order valence-corrected chi connectivity index (χ4v) is 2.83. The Morgan fingerprint density at radius 3 is 2.67 bits per heavy atom. The van der Waals surface area contributed by atoms with Crippen LogP contribution in [0.15, 0.2) is 64.3 Å². The first kappa shape index (κ1) is 18.7. The molecule has 0 bridgehead atoms. The number of halogens is 1. The zero-order valence-corrected chi connectivity index (χ0v) is 15.8. The second kappa shape index (κ2) is 8.50. The fraction of sp³-hybridized carbons (Fsp3) is 0.105. The molecule has 0 unspecified atom stereocenters. The average molecular weight is 429 g/mol. The summed E-state index contributed by atoms with van der Waals surface area (Å²) in [4.78, 5) is 23.1. The number of nitrogens with one attached hydrogen (secondary N) is 1. The molecule has 3 aromatic rings. The van der Waals surface area contributed by atoms with Crippen LogP contribution in [-0.2, 0) is 16.1 Å². The van der Waals surface area contributed by atoms with Crippen molar-refractivity contribution in [3.8, 4) is 5.75 Å². The second-order valence-corrected chi connectivity index (χ2v) is 6.65. The standard InChI is InChI=1S/C19H17BrN4O3/c20-14-5-7-15(8-6-14)27-12-19(26)23-22-9-13-10-24(11-18(21)25)17-4-2-1-3-16(13)17/h1-10H,11-12H2,(H2,21,25)(H,23,26)/b22-9+. The third kappa shape index (κ3) is 4.95. The number of hydrogen-bond donors (Lipinski definition) is 2. The van der Waals surface area contributed by atoms with Crippen molar-refractivity contribution in [2.24, 2.45) is 10.8 Å². The molecule has 3 N–H and O–H groups in total. The number of ether oxygens (including phenoxy) is 1. The van der Waals surface area contributed by atoms with Gasteiger partial charge in [-0.3, -0.25) is 9.59 Å². The zero-order valence-electron chi connectivity index (χ0n) is 14.3. The Kier molecular flexibility index (Phi) is 5.87. The predicted molar refractivity (Wildman–Crippen MR) is 107 cm³/mol. The van der Waals surface area contributed by atoms with E-state index in [9.17, 15) is 9.59 Å². The maximum Gasteiger partial charge on any atom is 0.277 e. The number of rotatable bonds is 7. The normalized spacial score (nSPS) is 11.0. The summed E-state index contributed by atoms with van der Waals surface area (Å²) in [6.07, 6.45) is 3.29. The minimum absolute atomic E-state index is 0.0712. The van der Waals surface area contributed by atoms with Gasteiger partial charge in [-0.25, -0.2) is 5.43 Å². The Balaban J connectivity index is 1.63. The smallest absolute Gasteiger partial charge is 0.277 e. The molecule has 0 aliphatic carbocycles. The SMILES string of the molecule is NC(=O)Cn1cc(/C=N/NC(=O)COc2ccc(Br)cc2)c2ccccc21. The second-order valence-electron chi connectivity index (χ2n) is 5.73. The van der Waals surface area contributed by atoms with Crippen LogP contribution in [0.3, 0.4) is 0 Å². The van der Waals surface area contributed by atoms with Gasteiger partial charge in [0.25, 0.3) is 5.91 Å². The van der Waals surface area contributed by atoms with Crippen LogP contribution in [0.25, 0.3) is 10.9 Å². The van der Waals surface area contributed by atoms with Gasteiger partial charge in [0.2, 0.25) is 5.91 Å². The number of hydrogen-bond acceptors (Lipinski definition) is 4. The maximum atomic E-state index is 11.9. The molecule has 3 rings (SSSR count). The van der Waals surface area contributed by atoms with E-state index in [1.165, 1.54) is 6.21 Å². The summed E-state index contributed by atoms with van der Waals surface area (Å²) >= 11 is 3.33. The van der Waals surface area contributed by atoms with Gasteiger partial charge in [-0.15, -0.1) is 0 Å². The fourth-order valence-electron chi connectivity index (χ4n) is 2.56. The number of benzene rings is 2. The molecule has 0 saturated carbocycles. The van der Waals surface area contributed by atoms with E-state index in [0.717, 1.165) is 20.9 Å². The number of hydrazone groups is 1. The van der Waals surface area contributed by atoms with Gasteiger partial charge < -0.3 is 15.0 Å². The number of aromatic nitrogens is 1. The van der Waals surface area contributed by atoms with Crippen molar-refractivity contribution in [1.29, 1.82) is 0 Å². The largest absolute Gasteiger partial charge is 0.484 e. The van der Waals surface area contributed by atoms with Gasteiger partial charge in [0.05, 0.1) is 6.21 Å². The summed E-state index contributed by atoms with van der Waals surface area (Å²) in [6.45, 7) is -0.0792. The molecule has 0 saturated heterocycles. The first-order valence-corrected chi connectivity index (χ1v) is 8.88. The summed E-state index contributed by atoms with van der Waals surface area (Å²) in [7, 11) is 0. The van der Waals surface area contributed by atoms with Crippen LogP contribution < -0.4 is 15.9 Å². The highest BCUT2D eigenvalue weighted by Crippen LogP contribution is 2.20. The van der Waals surface area contributed by atoms with Crippen LogP contribution in [0.5, 0.6) is 5.75 Å². The van der Waals surface area contributed by atoms with Crippen molar-refractivity contribution >= 4 is 44.9 Å². The summed E-state index contributed by atoms with van der Waals surface area (Å²) in [5.41, 5.74) is 9.34. The number of amides is 2. The van der Waals surface area contributed by atoms with Crippen molar-refractivity contribution in [3.63, 3.8) is 0 Å². The van der Waals surface area contributed by atoms with Crippen LogP contribution in [0.4, 0.5) is 0 Å². The summed E-state index contributed by atoms with van der Waals surface area (Å²) in [5, 5.41) is 4.87. The molecule has 1 heterocycles. The highest BCUT2D eigenvalue weighted by Gasteiger charge is 2.08. The van der Waals surface area contributed by atoms with E-state index in [0.29, 0.717) is 5.75 Å². The van der Waals surface area contributed by atoms with Crippen LogP contribution >= 0.6 is 15.9 Å². The summed E-state index contributed by atoms with van der Waals surface area (Å²) < 4.78 is 8.06. The predicted octanol–water partition coefficient (Wildman–Crippen LogP) is 2.42. The zero-order chi connectivity index (χ0) is 19.2. The van der Waals surface area contributed by atoms with Gasteiger partial charge in [-0.2, -0.15) is 5.10 Å². The van der Waals surface area contributed by atoms with E-state index in [2.05, 4.69) is 26.5 Å². The van der Waals surface area contributed by atoms with Crippen molar-refractivity contribution in [2.75, 3.05) is 6.61 Å². The number of para-hydroxylation sites is 1. The van der Waals surface area contributed by atoms with Gasteiger partial charge in [-0.1, -0.05) is 34.1 Å². The molecule has 0 aliphatic rings. The number of nitrogens with zero attached hydrogens (tertiary/aromatic N) is 2. The molecule has 0 atom stereocenters. The van der Waals surface area contributed by atoms with Crippen LogP contribution in [0, 0.1) is 0 Å². The topological polar surface area (TPSA) is 98.7 Å². The lowest BCUT2D eigenvalue weighted by molar-refractivity contribution is -0.123. The third-order valence-electron chi connectivity index (χ3n) is 3.72. The molecule has 2 aromatic carbocycles. The molecule has 27 heavy (non-hydrogen) atoms. The monoisotopic (exact) mass is 428 g/mol. The molecule has 2 amide bonds. The molecule has 1 aromatic heterocycles. The minimum atomic E-state index is -0.433. The Bertz CT molecular complexity index is 996. The third-order valence-corrected chi connectivity index (χ3v) is 4.25. The van der Waals surface area contributed by atoms with E-state index in [1.807, 2.05) is 36.4 Å². The van der Waals surface area contributed by atoms with E-state index >= 15 is 0 Å². The van der Waals surface area contributed by atoms with Crippen molar-refractivity contribution in [2.45, 2.75) is 6.54 Å². The molecular weight excluding hydrogens is 412 g/mol. The van der Waals surface area contributed by atoms with Crippen molar-refractivity contribution in [1.82, 2.24) is 9.99 Å². The Labute approximate surface area is 163 Å². The lowest BCUT2D eigenvalue weighted by Gasteiger charge is -2.04. The maximum absolute atomic E-state index is 11.9. The van der Waals surface area contributed by atoms with Gasteiger partial charge in [0, 0.05) is 27.1 Å². The lowest BCUT2D eigenvalue weighted by atomic mass is 10.2. The number of carbonyl (C=O) groups excluding carboxylic acids is 2. The van der Waals surface area contributed by atoms with Gasteiger partial charge in [0.15, 0.2) is 6.61 Å². The molecule has 7 nitrogen and oxygen atoms in total. The van der Waals surface area contributed by atoms with Gasteiger partial charge in [-0.05, 0) is 30.3 Å². The average Bonchev–Trinajstić information content (AvgIpc) is 2.98. The van der Waals surface area contributed by atoms with E-state index in [1.54, 1.807) is 22.9 Å². The number of fused-ring (bicyclic) bond motifs is 1. The van der Waals surface area contributed by atoms with Gasteiger partial charge in [0.1, 0.15) is 12.3 Å². The molecule has 0 radical (unpaired) electrons. The Morgan fingerprint density at radius 1 is 1.19 bits per heavy atom. The molecule has 0 aliphatic heterocycles. The van der Waals surface area contributed by atoms with Crippen LogP contribution in [-0.4, -0.2) is 29.2 Å². The number of nitrogens with two attached hydrogens (primary N) is 1.